The van der Waals surface area contributed by atoms with Gasteiger partial charge in [0.2, 0.25) is 0 Å². The second kappa shape index (κ2) is 10.9. The molecule has 1 heterocycles. The van der Waals surface area contributed by atoms with Crippen LogP contribution < -0.4 is 16.1 Å². The number of hydrogen-bond donors (Lipinski definition) is 3. The van der Waals surface area contributed by atoms with Crippen molar-refractivity contribution in [2.45, 2.75) is 38.1 Å². The van der Waals surface area contributed by atoms with Gasteiger partial charge < -0.3 is 10.6 Å². The van der Waals surface area contributed by atoms with Crippen molar-refractivity contribution in [2.75, 3.05) is 5.32 Å². The molecule has 3 aromatic rings. The maximum atomic E-state index is 12.7. The Bertz CT molecular complexity index is 1250. The highest BCUT2D eigenvalue weighted by Gasteiger charge is 2.20. The van der Waals surface area contributed by atoms with Gasteiger partial charge in [0, 0.05) is 17.0 Å². The van der Waals surface area contributed by atoms with Crippen LogP contribution in [0.4, 0.5) is 5.69 Å². The molecule has 34 heavy (non-hydrogen) atoms. The van der Waals surface area contributed by atoms with Crippen molar-refractivity contribution >= 4 is 52.1 Å². The molecule has 0 radical (unpaired) electrons. The molecular formula is C25H24ClN5O3. The van der Waals surface area contributed by atoms with Crippen LogP contribution in [0.2, 0.25) is 5.15 Å². The number of halogens is 1. The Balaban J connectivity index is 1.38. The number of anilines is 1. The monoisotopic (exact) mass is 477 g/mol. The Morgan fingerprint density at radius 2 is 1.71 bits per heavy atom. The molecule has 1 aliphatic rings. The molecule has 0 spiro atoms. The van der Waals surface area contributed by atoms with Crippen molar-refractivity contribution in [1.82, 2.24) is 15.7 Å². The first-order chi connectivity index (χ1) is 16.5. The fraction of sp³-hybridized carbons (Fsp3) is 0.240. The second-order valence-corrected chi connectivity index (χ2v) is 8.43. The number of carbonyl (C=O) groups is 3. The van der Waals surface area contributed by atoms with E-state index in [0.29, 0.717) is 11.1 Å². The number of nitrogens with one attached hydrogen (secondary N) is 3. The van der Waals surface area contributed by atoms with Crippen molar-refractivity contribution in [2.24, 2.45) is 5.10 Å². The molecule has 1 aliphatic carbocycles. The summed E-state index contributed by atoms with van der Waals surface area (Å²) in [6.07, 6.45) is 6.56. The van der Waals surface area contributed by atoms with Gasteiger partial charge in [-0.2, -0.15) is 5.10 Å². The van der Waals surface area contributed by atoms with E-state index in [-0.39, 0.29) is 22.8 Å². The van der Waals surface area contributed by atoms with Crippen LogP contribution in [-0.4, -0.2) is 35.0 Å². The number of benzene rings is 2. The third-order valence-electron chi connectivity index (χ3n) is 5.64. The first-order valence-corrected chi connectivity index (χ1v) is 11.5. The van der Waals surface area contributed by atoms with Gasteiger partial charge in [-0.1, -0.05) is 61.2 Å². The van der Waals surface area contributed by atoms with Gasteiger partial charge in [-0.3, -0.25) is 14.4 Å². The van der Waals surface area contributed by atoms with E-state index in [1.54, 1.807) is 30.3 Å². The molecule has 0 unspecified atom stereocenters. The van der Waals surface area contributed by atoms with Gasteiger partial charge in [-0.25, -0.2) is 10.4 Å². The minimum Gasteiger partial charge on any atom is -0.349 e. The van der Waals surface area contributed by atoms with E-state index in [9.17, 15) is 14.4 Å². The van der Waals surface area contributed by atoms with E-state index in [2.05, 4.69) is 26.1 Å². The summed E-state index contributed by atoms with van der Waals surface area (Å²) in [6.45, 7) is 0. The number of fused-ring (bicyclic) bond motifs is 1. The number of pyridine rings is 1. The van der Waals surface area contributed by atoms with Crippen LogP contribution in [0.25, 0.3) is 10.9 Å². The maximum absolute atomic E-state index is 12.7. The topological polar surface area (TPSA) is 113 Å². The molecule has 3 N–H and O–H groups in total. The van der Waals surface area contributed by atoms with E-state index in [1.807, 2.05) is 24.3 Å². The summed E-state index contributed by atoms with van der Waals surface area (Å²) in [7, 11) is 0. The molecule has 0 saturated heterocycles. The fourth-order valence-electron chi connectivity index (χ4n) is 3.89. The van der Waals surface area contributed by atoms with E-state index >= 15 is 0 Å². The first-order valence-electron chi connectivity index (χ1n) is 11.1. The third-order valence-corrected chi connectivity index (χ3v) is 5.94. The molecule has 1 aromatic heterocycles. The van der Waals surface area contributed by atoms with Crippen molar-refractivity contribution < 1.29 is 14.4 Å². The predicted octanol–water partition coefficient (Wildman–Crippen LogP) is 4.04. The largest absolute Gasteiger partial charge is 0.349 e. The van der Waals surface area contributed by atoms with Gasteiger partial charge in [-0.15, -0.1) is 0 Å². The Kier molecular flexibility index (Phi) is 7.49. The summed E-state index contributed by atoms with van der Waals surface area (Å²) in [5, 5.41) is 10.4. The first kappa shape index (κ1) is 23.4. The average Bonchev–Trinajstić information content (AvgIpc) is 2.85. The average molecular weight is 478 g/mol. The lowest BCUT2D eigenvalue weighted by atomic mass is 9.95. The quantitative estimate of drug-likeness (QED) is 0.223. The molecule has 9 heteroatoms. The third kappa shape index (κ3) is 5.77. The van der Waals surface area contributed by atoms with Gasteiger partial charge in [-0.05, 0) is 37.1 Å². The molecule has 0 atom stereocenters. The molecule has 174 valence electrons. The highest BCUT2D eigenvalue weighted by molar-refractivity contribution is 6.40. The molecule has 3 amide bonds. The van der Waals surface area contributed by atoms with E-state index < -0.39 is 11.8 Å². The lowest BCUT2D eigenvalue weighted by molar-refractivity contribution is -0.136. The Morgan fingerprint density at radius 3 is 2.53 bits per heavy atom. The maximum Gasteiger partial charge on any atom is 0.329 e. The number of hydrogen-bond acceptors (Lipinski definition) is 5. The zero-order valence-electron chi connectivity index (χ0n) is 18.4. The highest BCUT2D eigenvalue weighted by atomic mass is 35.5. The second-order valence-electron chi connectivity index (χ2n) is 8.07. The number of para-hydroxylation sites is 2. The van der Waals surface area contributed by atoms with Crippen LogP contribution in [0, 0.1) is 0 Å². The molecule has 8 nitrogen and oxygen atoms in total. The van der Waals surface area contributed by atoms with Crippen LogP contribution in [0.1, 0.15) is 48.0 Å². The van der Waals surface area contributed by atoms with Crippen molar-refractivity contribution in [3.63, 3.8) is 0 Å². The summed E-state index contributed by atoms with van der Waals surface area (Å²) in [6, 6.07) is 15.9. The molecule has 4 rings (SSSR count). The number of carbonyl (C=O) groups excluding carboxylic acids is 3. The summed E-state index contributed by atoms with van der Waals surface area (Å²) in [4.78, 5) is 41.7. The van der Waals surface area contributed by atoms with Crippen LogP contribution in [0.15, 0.2) is 59.7 Å². The molecule has 1 fully saturated rings. The minimum atomic E-state index is -0.983. The van der Waals surface area contributed by atoms with Gasteiger partial charge >= 0.3 is 11.8 Å². The zero-order chi connectivity index (χ0) is 23.9. The smallest absolute Gasteiger partial charge is 0.329 e. The van der Waals surface area contributed by atoms with E-state index in [4.69, 9.17) is 11.6 Å². The van der Waals surface area contributed by atoms with Crippen molar-refractivity contribution in [3.8, 4) is 0 Å². The van der Waals surface area contributed by atoms with Gasteiger partial charge in [0.15, 0.2) is 0 Å². The van der Waals surface area contributed by atoms with E-state index in [1.165, 1.54) is 12.6 Å². The normalized spacial score (nSPS) is 14.1. The Morgan fingerprint density at radius 1 is 0.971 bits per heavy atom. The molecule has 2 aromatic carbocycles. The van der Waals surface area contributed by atoms with E-state index in [0.717, 1.165) is 36.6 Å². The summed E-state index contributed by atoms with van der Waals surface area (Å²) >= 11 is 6.17. The van der Waals surface area contributed by atoms with Crippen LogP contribution in [0.5, 0.6) is 0 Å². The number of amides is 3. The molecule has 0 aliphatic heterocycles. The Labute approximate surface area is 201 Å². The zero-order valence-corrected chi connectivity index (χ0v) is 19.1. The number of aromatic nitrogens is 1. The summed E-state index contributed by atoms with van der Waals surface area (Å²) < 4.78 is 0. The standard InChI is InChI=1S/C25H24ClN5O3/c26-22-17(14-16-8-4-6-12-20(16)29-22)15-27-31-25(34)24(33)30-21-13-7-5-11-19(21)23(32)28-18-9-2-1-3-10-18/h4-8,11-15,18H,1-3,9-10H2,(H,28,32)(H,30,33)(H,31,34)/b27-15-. The Hall–Kier alpha value is -3.78. The molecular weight excluding hydrogens is 454 g/mol. The lowest BCUT2D eigenvalue weighted by Crippen LogP contribution is -2.37. The summed E-state index contributed by atoms with van der Waals surface area (Å²) in [5.41, 5.74) is 3.95. The van der Waals surface area contributed by atoms with Crippen LogP contribution in [-0.2, 0) is 9.59 Å². The van der Waals surface area contributed by atoms with Crippen molar-refractivity contribution in [1.29, 1.82) is 0 Å². The van der Waals surface area contributed by atoms with Crippen LogP contribution >= 0.6 is 11.6 Å². The van der Waals surface area contributed by atoms with Crippen LogP contribution in [0.3, 0.4) is 0 Å². The number of rotatable bonds is 5. The molecule has 1 saturated carbocycles. The van der Waals surface area contributed by atoms with Gasteiger partial charge in [0.25, 0.3) is 5.91 Å². The highest BCUT2D eigenvalue weighted by Crippen LogP contribution is 2.21. The minimum absolute atomic E-state index is 0.124. The number of hydrazone groups is 1. The predicted molar refractivity (Wildman–Crippen MR) is 132 cm³/mol. The molecule has 0 bridgehead atoms. The van der Waals surface area contributed by atoms with Gasteiger partial charge in [0.1, 0.15) is 5.15 Å². The summed E-state index contributed by atoms with van der Waals surface area (Å²) in [5.74, 6) is -2.21. The fourth-order valence-corrected chi connectivity index (χ4v) is 4.08. The SMILES string of the molecule is O=C(N/N=C\c1cc2ccccc2nc1Cl)C(=O)Nc1ccccc1C(=O)NC1CCCCC1. The van der Waals surface area contributed by atoms with Crippen molar-refractivity contribution in [3.05, 3.63) is 70.9 Å². The number of nitrogens with zero attached hydrogens (tertiary/aromatic N) is 2. The van der Waals surface area contributed by atoms with Gasteiger partial charge in [0.05, 0.1) is 23.0 Å². The lowest BCUT2D eigenvalue weighted by Gasteiger charge is -2.23.